The van der Waals surface area contributed by atoms with Gasteiger partial charge in [0.1, 0.15) is 5.56 Å². The predicted octanol–water partition coefficient (Wildman–Crippen LogP) is 4.78. The van der Waals surface area contributed by atoms with Crippen LogP contribution in [0.15, 0.2) is 42.5 Å². The molecule has 7 heteroatoms. The number of methoxy groups -OCH3 is 2. The Bertz CT molecular complexity index is 1170. The molecule has 0 fully saturated rings. The van der Waals surface area contributed by atoms with Crippen molar-refractivity contribution in [3.8, 4) is 11.5 Å². The van der Waals surface area contributed by atoms with Crippen LogP contribution in [0.5, 0.6) is 11.5 Å². The Morgan fingerprint density at radius 1 is 0.844 bits per heavy atom. The molecule has 0 amide bonds. The molecule has 0 unspecified atom stereocenters. The van der Waals surface area contributed by atoms with Gasteiger partial charge in [0.2, 0.25) is 0 Å². The van der Waals surface area contributed by atoms with Gasteiger partial charge >= 0.3 is 11.9 Å². The molecule has 166 valence electrons. The molecular formula is C25H25NO6. The highest BCUT2D eigenvalue weighted by Gasteiger charge is 2.26. The number of para-hydroxylation sites is 2. The van der Waals surface area contributed by atoms with E-state index in [0.717, 1.165) is 0 Å². The average molecular weight is 435 g/mol. The smallest absolute Gasteiger partial charge is 0.341 e. The van der Waals surface area contributed by atoms with E-state index < -0.39 is 11.9 Å². The molecule has 1 aromatic heterocycles. The molecule has 0 bridgehead atoms. The molecule has 3 aromatic rings. The second-order valence-corrected chi connectivity index (χ2v) is 6.62. The van der Waals surface area contributed by atoms with Crippen LogP contribution in [0.3, 0.4) is 0 Å². The predicted molar refractivity (Wildman–Crippen MR) is 122 cm³/mol. The summed E-state index contributed by atoms with van der Waals surface area (Å²) in [5.41, 5.74) is 1.75. The molecule has 0 saturated heterocycles. The maximum absolute atomic E-state index is 12.9. The lowest BCUT2D eigenvalue weighted by Gasteiger charge is -2.14. The molecule has 0 aliphatic heterocycles. The number of nitrogens with zero attached hydrogens (tertiary/aromatic N) is 1. The highest BCUT2D eigenvalue weighted by atomic mass is 16.5. The van der Waals surface area contributed by atoms with Gasteiger partial charge in [0, 0.05) is 10.9 Å². The molecule has 0 N–H and O–H groups in total. The van der Waals surface area contributed by atoms with Crippen molar-refractivity contribution in [2.45, 2.75) is 13.8 Å². The molecule has 0 radical (unpaired) electrons. The van der Waals surface area contributed by atoms with Crippen LogP contribution in [0, 0.1) is 0 Å². The van der Waals surface area contributed by atoms with Crippen LogP contribution in [-0.2, 0) is 9.47 Å². The summed E-state index contributed by atoms with van der Waals surface area (Å²) in [5, 5.41) is 0.519. The molecule has 1 heterocycles. The monoisotopic (exact) mass is 435 g/mol. The number of carbonyl (C=O) groups excluding carboxylic acids is 2. The van der Waals surface area contributed by atoms with Crippen molar-refractivity contribution in [3.63, 3.8) is 0 Å². The van der Waals surface area contributed by atoms with Gasteiger partial charge in [-0.2, -0.15) is 0 Å². The lowest BCUT2D eigenvalue weighted by Crippen LogP contribution is -2.17. The Morgan fingerprint density at radius 3 is 2.19 bits per heavy atom. The highest BCUT2D eigenvalue weighted by Crippen LogP contribution is 2.33. The minimum atomic E-state index is -0.647. The fourth-order valence-corrected chi connectivity index (χ4v) is 3.39. The van der Waals surface area contributed by atoms with Gasteiger partial charge in [0.25, 0.3) is 0 Å². The van der Waals surface area contributed by atoms with Gasteiger partial charge in [-0.1, -0.05) is 30.3 Å². The van der Waals surface area contributed by atoms with Crippen LogP contribution < -0.4 is 9.47 Å². The van der Waals surface area contributed by atoms with Gasteiger partial charge in [0.15, 0.2) is 11.5 Å². The van der Waals surface area contributed by atoms with Gasteiger partial charge < -0.3 is 18.9 Å². The quantitative estimate of drug-likeness (QED) is 0.471. The summed E-state index contributed by atoms with van der Waals surface area (Å²) in [4.78, 5) is 30.4. The summed E-state index contributed by atoms with van der Waals surface area (Å²) in [6.45, 7) is 3.74. The summed E-state index contributed by atoms with van der Waals surface area (Å²) in [5.74, 6) is -0.150. The first kappa shape index (κ1) is 22.8. The molecule has 0 aliphatic rings. The van der Waals surface area contributed by atoms with E-state index in [1.807, 2.05) is 18.2 Å². The van der Waals surface area contributed by atoms with Gasteiger partial charge in [0.05, 0.1) is 44.2 Å². The third-order valence-electron chi connectivity index (χ3n) is 4.73. The Morgan fingerprint density at radius 2 is 1.53 bits per heavy atom. The maximum atomic E-state index is 12.9. The second kappa shape index (κ2) is 10.4. The van der Waals surface area contributed by atoms with Crippen molar-refractivity contribution in [1.29, 1.82) is 0 Å². The molecule has 0 aliphatic carbocycles. The fourth-order valence-electron chi connectivity index (χ4n) is 3.39. The summed E-state index contributed by atoms with van der Waals surface area (Å²) in [6, 6.07) is 12.5. The molecule has 7 nitrogen and oxygen atoms in total. The van der Waals surface area contributed by atoms with Crippen molar-refractivity contribution in [2.24, 2.45) is 0 Å². The van der Waals surface area contributed by atoms with Crippen molar-refractivity contribution < 1.29 is 28.5 Å². The molecule has 0 atom stereocenters. The Labute approximate surface area is 186 Å². The number of esters is 2. The summed E-state index contributed by atoms with van der Waals surface area (Å²) < 4.78 is 21.3. The largest absolute Gasteiger partial charge is 0.493 e. The number of pyridine rings is 1. The minimum absolute atomic E-state index is 0.0575. The zero-order chi connectivity index (χ0) is 23.1. The Balaban J connectivity index is 2.26. The van der Waals surface area contributed by atoms with Crippen molar-refractivity contribution in [1.82, 2.24) is 4.98 Å². The van der Waals surface area contributed by atoms with Crippen molar-refractivity contribution in [2.75, 3.05) is 27.4 Å². The third kappa shape index (κ3) is 4.56. The van der Waals surface area contributed by atoms with E-state index in [9.17, 15) is 9.59 Å². The van der Waals surface area contributed by atoms with Crippen LogP contribution in [0.4, 0.5) is 0 Å². The average Bonchev–Trinajstić information content (AvgIpc) is 2.81. The zero-order valence-corrected chi connectivity index (χ0v) is 18.5. The van der Waals surface area contributed by atoms with Crippen LogP contribution in [0.25, 0.3) is 23.1 Å². The van der Waals surface area contributed by atoms with E-state index in [1.54, 1.807) is 64.5 Å². The van der Waals surface area contributed by atoms with Crippen LogP contribution in [0.1, 0.15) is 45.8 Å². The molecule has 2 aromatic carbocycles. The second-order valence-electron chi connectivity index (χ2n) is 6.62. The maximum Gasteiger partial charge on any atom is 0.341 e. The lowest BCUT2D eigenvalue weighted by atomic mass is 9.99. The topological polar surface area (TPSA) is 84.0 Å². The Hall–Kier alpha value is -3.87. The molecular weight excluding hydrogens is 410 g/mol. The SMILES string of the molecule is CCOC(=O)c1c(/C=C/c2cccc(OC)c2OC)nc2ccccc2c1C(=O)OCC. The summed E-state index contributed by atoms with van der Waals surface area (Å²) in [6.07, 6.45) is 3.40. The van der Waals surface area contributed by atoms with E-state index >= 15 is 0 Å². The number of benzene rings is 2. The van der Waals surface area contributed by atoms with Crippen molar-refractivity contribution >= 4 is 35.0 Å². The standard InChI is InChI=1S/C25H25NO6/c1-5-31-24(27)21-17-11-7-8-12-18(17)26-19(22(21)25(28)32-6-2)15-14-16-10-9-13-20(29-3)23(16)30-4/h7-15H,5-6H2,1-4H3/b15-14+. The van der Waals surface area contributed by atoms with E-state index in [0.29, 0.717) is 28.0 Å². The number of hydrogen-bond donors (Lipinski definition) is 0. The van der Waals surface area contributed by atoms with Gasteiger partial charge in [-0.15, -0.1) is 0 Å². The Kier molecular flexibility index (Phi) is 7.44. The number of fused-ring (bicyclic) bond motifs is 1. The molecule has 3 rings (SSSR count). The first-order chi connectivity index (χ1) is 15.5. The van der Waals surface area contributed by atoms with Crippen molar-refractivity contribution in [3.05, 3.63) is 64.8 Å². The number of ether oxygens (including phenoxy) is 4. The number of carbonyl (C=O) groups is 2. The molecule has 0 saturated carbocycles. The normalized spacial score (nSPS) is 10.9. The van der Waals surface area contributed by atoms with Gasteiger partial charge in [-0.3, -0.25) is 0 Å². The van der Waals surface area contributed by atoms with Crippen LogP contribution in [0.2, 0.25) is 0 Å². The third-order valence-corrected chi connectivity index (χ3v) is 4.73. The van der Waals surface area contributed by atoms with Gasteiger partial charge in [-0.05, 0) is 38.1 Å². The highest BCUT2D eigenvalue weighted by molar-refractivity contribution is 6.13. The van der Waals surface area contributed by atoms with E-state index in [-0.39, 0.29) is 30.0 Å². The summed E-state index contributed by atoms with van der Waals surface area (Å²) in [7, 11) is 3.10. The fraction of sp³-hybridized carbons (Fsp3) is 0.240. The summed E-state index contributed by atoms with van der Waals surface area (Å²) >= 11 is 0. The first-order valence-corrected chi connectivity index (χ1v) is 10.2. The number of aromatic nitrogens is 1. The first-order valence-electron chi connectivity index (χ1n) is 10.2. The number of hydrogen-bond acceptors (Lipinski definition) is 7. The molecule has 32 heavy (non-hydrogen) atoms. The van der Waals surface area contributed by atoms with E-state index in [4.69, 9.17) is 18.9 Å². The minimum Gasteiger partial charge on any atom is -0.493 e. The number of rotatable bonds is 8. The van der Waals surface area contributed by atoms with Gasteiger partial charge in [-0.25, -0.2) is 14.6 Å². The molecule has 0 spiro atoms. The lowest BCUT2D eigenvalue weighted by molar-refractivity contribution is 0.0480. The van der Waals surface area contributed by atoms with Crippen LogP contribution in [-0.4, -0.2) is 44.4 Å². The van der Waals surface area contributed by atoms with E-state index in [1.165, 1.54) is 0 Å². The van der Waals surface area contributed by atoms with E-state index in [2.05, 4.69) is 4.98 Å². The van der Waals surface area contributed by atoms with Crippen LogP contribution >= 0.6 is 0 Å². The zero-order valence-electron chi connectivity index (χ0n) is 18.5.